The number of nitrogens with zero attached hydrogens (tertiary/aromatic N) is 2. The van der Waals surface area contributed by atoms with Crippen LogP contribution in [0.4, 0.5) is 16.2 Å². The van der Waals surface area contributed by atoms with Crippen molar-refractivity contribution in [1.29, 1.82) is 0 Å². The standard InChI is InChI=1S/C12H13N3O4S/c1-13-9-3-2-8(6-10(9)15(18)19)7-14-11(16)4-5-20-12(14)17/h2-3,6,13H,4-5,7H2,1H3. The number of nitro benzene ring substituents is 1. The summed E-state index contributed by atoms with van der Waals surface area (Å²) in [6.07, 6.45) is 0.313. The molecular weight excluding hydrogens is 282 g/mol. The minimum Gasteiger partial charge on any atom is -0.383 e. The van der Waals surface area contributed by atoms with E-state index in [0.717, 1.165) is 16.7 Å². The number of rotatable bonds is 4. The van der Waals surface area contributed by atoms with Gasteiger partial charge in [-0.2, -0.15) is 0 Å². The van der Waals surface area contributed by atoms with Gasteiger partial charge in [0.25, 0.3) is 10.9 Å². The van der Waals surface area contributed by atoms with Gasteiger partial charge in [0.1, 0.15) is 5.69 Å². The van der Waals surface area contributed by atoms with Gasteiger partial charge >= 0.3 is 0 Å². The molecule has 1 heterocycles. The molecule has 2 amide bonds. The van der Waals surface area contributed by atoms with Crippen LogP contribution in [0.3, 0.4) is 0 Å². The molecule has 1 N–H and O–H groups in total. The van der Waals surface area contributed by atoms with Crippen molar-refractivity contribution >= 4 is 34.3 Å². The lowest BCUT2D eigenvalue weighted by Crippen LogP contribution is -2.37. The Kier molecular flexibility index (Phi) is 4.23. The Morgan fingerprint density at radius 1 is 1.45 bits per heavy atom. The van der Waals surface area contributed by atoms with Crippen LogP contribution in [0.5, 0.6) is 0 Å². The van der Waals surface area contributed by atoms with Gasteiger partial charge in [-0.3, -0.25) is 24.6 Å². The molecule has 20 heavy (non-hydrogen) atoms. The first-order valence-electron chi connectivity index (χ1n) is 5.95. The first kappa shape index (κ1) is 14.3. The normalized spacial score (nSPS) is 15.3. The number of hydrogen-bond acceptors (Lipinski definition) is 6. The number of carbonyl (C=O) groups excluding carboxylic acids is 2. The third-order valence-corrected chi connectivity index (χ3v) is 3.81. The minimum absolute atomic E-state index is 0.0650. The van der Waals surface area contributed by atoms with Crippen molar-refractivity contribution in [2.45, 2.75) is 13.0 Å². The van der Waals surface area contributed by atoms with E-state index < -0.39 is 4.92 Å². The minimum atomic E-state index is -0.496. The summed E-state index contributed by atoms with van der Waals surface area (Å²) in [4.78, 5) is 35.0. The van der Waals surface area contributed by atoms with Gasteiger partial charge in [0.2, 0.25) is 5.91 Å². The molecular formula is C12H13N3O4S. The fraction of sp³-hybridized carbons (Fsp3) is 0.333. The summed E-state index contributed by atoms with van der Waals surface area (Å²) in [5.41, 5.74) is 0.874. The van der Waals surface area contributed by atoms with E-state index in [1.54, 1.807) is 19.2 Å². The Labute approximate surface area is 119 Å². The van der Waals surface area contributed by atoms with E-state index >= 15 is 0 Å². The number of anilines is 1. The molecule has 0 spiro atoms. The smallest absolute Gasteiger partial charge is 0.292 e. The van der Waals surface area contributed by atoms with Gasteiger partial charge in [0.15, 0.2) is 0 Å². The summed E-state index contributed by atoms with van der Waals surface area (Å²) >= 11 is 1.09. The van der Waals surface area contributed by atoms with Gasteiger partial charge in [-0.05, 0) is 11.6 Å². The van der Waals surface area contributed by atoms with Gasteiger partial charge < -0.3 is 5.32 Å². The molecule has 0 radical (unpaired) electrons. The highest BCUT2D eigenvalue weighted by Gasteiger charge is 2.27. The maximum atomic E-state index is 11.7. The third kappa shape index (κ3) is 2.90. The number of hydrogen-bond donors (Lipinski definition) is 1. The van der Waals surface area contributed by atoms with Crippen molar-refractivity contribution in [3.8, 4) is 0 Å². The molecule has 1 aromatic rings. The zero-order valence-corrected chi connectivity index (χ0v) is 11.6. The van der Waals surface area contributed by atoms with Gasteiger partial charge in [-0.25, -0.2) is 0 Å². The first-order valence-corrected chi connectivity index (χ1v) is 6.93. The number of nitrogens with one attached hydrogen (secondary N) is 1. The van der Waals surface area contributed by atoms with Crippen molar-refractivity contribution in [1.82, 2.24) is 4.90 Å². The van der Waals surface area contributed by atoms with Crippen molar-refractivity contribution in [3.63, 3.8) is 0 Å². The Morgan fingerprint density at radius 3 is 2.80 bits per heavy atom. The number of carbonyl (C=O) groups is 2. The number of benzene rings is 1. The fourth-order valence-electron chi connectivity index (χ4n) is 1.91. The molecule has 106 valence electrons. The van der Waals surface area contributed by atoms with E-state index in [1.165, 1.54) is 6.07 Å². The Morgan fingerprint density at radius 2 is 2.20 bits per heavy atom. The van der Waals surface area contributed by atoms with Crippen LogP contribution in [-0.2, 0) is 11.3 Å². The molecule has 1 saturated heterocycles. The van der Waals surface area contributed by atoms with Crippen molar-refractivity contribution in [3.05, 3.63) is 33.9 Å². The van der Waals surface area contributed by atoms with Crippen LogP contribution in [0.25, 0.3) is 0 Å². The van der Waals surface area contributed by atoms with Gasteiger partial charge in [-0.15, -0.1) is 0 Å². The number of thioether (sulfide) groups is 1. The third-order valence-electron chi connectivity index (χ3n) is 2.93. The monoisotopic (exact) mass is 295 g/mol. The number of amides is 2. The quantitative estimate of drug-likeness (QED) is 0.676. The molecule has 0 aromatic heterocycles. The van der Waals surface area contributed by atoms with E-state index in [1.807, 2.05) is 0 Å². The lowest BCUT2D eigenvalue weighted by Gasteiger charge is -2.24. The van der Waals surface area contributed by atoms with Crippen molar-refractivity contribution in [2.75, 3.05) is 18.1 Å². The summed E-state index contributed by atoms with van der Waals surface area (Å²) in [6.45, 7) is 0.0650. The largest absolute Gasteiger partial charge is 0.383 e. The Bertz CT molecular complexity index is 560. The topological polar surface area (TPSA) is 92.6 Å². The maximum Gasteiger partial charge on any atom is 0.292 e. The molecule has 0 saturated carbocycles. The van der Waals surface area contributed by atoms with Crippen LogP contribution in [0.2, 0.25) is 0 Å². The molecule has 1 aliphatic rings. The summed E-state index contributed by atoms with van der Waals surface area (Å²) in [6, 6.07) is 4.61. The average molecular weight is 295 g/mol. The van der Waals surface area contributed by atoms with Gasteiger partial charge in [0, 0.05) is 25.3 Å². The molecule has 8 heteroatoms. The molecule has 7 nitrogen and oxygen atoms in total. The Hall–Kier alpha value is -2.09. The van der Waals surface area contributed by atoms with Crippen LogP contribution < -0.4 is 5.32 Å². The van der Waals surface area contributed by atoms with Crippen LogP contribution in [0.15, 0.2) is 18.2 Å². The van der Waals surface area contributed by atoms with Crippen LogP contribution in [0, 0.1) is 10.1 Å². The summed E-state index contributed by atoms with van der Waals surface area (Å²) in [5, 5.41) is 13.4. The highest BCUT2D eigenvalue weighted by Crippen LogP contribution is 2.27. The van der Waals surface area contributed by atoms with E-state index in [4.69, 9.17) is 0 Å². The fourth-order valence-corrected chi connectivity index (χ4v) is 2.69. The zero-order chi connectivity index (χ0) is 14.7. The van der Waals surface area contributed by atoms with Crippen LogP contribution >= 0.6 is 11.8 Å². The van der Waals surface area contributed by atoms with Crippen LogP contribution in [-0.4, -0.2) is 33.8 Å². The zero-order valence-electron chi connectivity index (χ0n) is 10.8. The molecule has 2 rings (SSSR count). The molecule has 0 aliphatic carbocycles. The van der Waals surface area contributed by atoms with Gasteiger partial charge in [-0.1, -0.05) is 17.8 Å². The highest BCUT2D eigenvalue weighted by atomic mass is 32.2. The van der Waals surface area contributed by atoms with Crippen LogP contribution in [0.1, 0.15) is 12.0 Å². The lowest BCUT2D eigenvalue weighted by molar-refractivity contribution is -0.384. The first-order chi connectivity index (χ1) is 9.52. The van der Waals surface area contributed by atoms with Crippen molar-refractivity contribution in [2.24, 2.45) is 0 Å². The van der Waals surface area contributed by atoms with E-state index in [9.17, 15) is 19.7 Å². The Balaban J connectivity index is 2.25. The molecule has 1 aromatic carbocycles. The maximum absolute atomic E-state index is 11.7. The summed E-state index contributed by atoms with van der Waals surface area (Å²) < 4.78 is 0. The second-order valence-electron chi connectivity index (χ2n) is 4.20. The van der Waals surface area contributed by atoms with E-state index in [0.29, 0.717) is 23.4 Å². The van der Waals surface area contributed by atoms with Crippen molar-refractivity contribution < 1.29 is 14.5 Å². The predicted octanol–water partition coefficient (Wildman–Crippen LogP) is 2.22. The summed E-state index contributed by atoms with van der Waals surface area (Å²) in [7, 11) is 1.59. The SMILES string of the molecule is CNc1ccc(CN2C(=O)CCSC2=O)cc1[N+](=O)[O-]. The average Bonchev–Trinajstić information content (AvgIpc) is 2.43. The lowest BCUT2D eigenvalue weighted by atomic mass is 10.1. The number of imide groups is 1. The number of nitro groups is 1. The van der Waals surface area contributed by atoms with E-state index in [2.05, 4.69) is 5.32 Å². The molecule has 1 aliphatic heterocycles. The van der Waals surface area contributed by atoms with Gasteiger partial charge in [0.05, 0.1) is 11.5 Å². The second-order valence-corrected chi connectivity index (χ2v) is 5.25. The molecule has 1 fully saturated rings. The molecule has 0 atom stereocenters. The second kappa shape index (κ2) is 5.91. The predicted molar refractivity (Wildman–Crippen MR) is 75.7 cm³/mol. The summed E-state index contributed by atoms with van der Waals surface area (Å²) in [5.74, 6) is 0.251. The molecule has 0 bridgehead atoms. The van der Waals surface area contributed by atoms with E-state index in [-0.39, 0.29) is 23.4 Å². The highest BCUT2D eigenvalue weighted by molar-refractivity contribution is 8.13. The molecule has 0 unspecified atom stereocenters.